The van der Waals surface area contributed by atoms with Crippen LogP contribution in [0.3, 0.4) is 0 Å². The summed E-state index contributed by atoms with van der Waals surface area (Å²) in [6, 6.07) is 15.4. The third-order valence-corrected chi connectivity index (χ3v) is 3.34. The van der Waals surface area contributed by atoms with E-state index in [0.29, 0.717) is 12.3 Å². The van der Waals surface area contributed by atoms with E-state index in [9.17, 15) is 4.79 Å². The zero-order chi connectivity index (χ0) is 16.7. The van der Waals surface area contributed by atoms with Crippen molar-refractivity contribution >= 4 is 17.3 Å². The maximum absolute atomic E-state index is 11.2. The van der Waals surface area contributed by atoms with Crippen LogP contribution in [0.5, 0.6) is 5.75 Å². The van der Waals surface area contributed by atoms with Gasteiger partial charge in [-0.3, -0.25) is 4.79 Å². The summed E-state index contributed by atoms with van der Waals surface area (Å²) in [5, 5.41) is 14.8. The smallest absolute Gasteiger partial charge is 0.250 e. The molecule has 1 unspecified atom stereocenters. The van der Waals surface area contributed by atoms with E-state index in [-0.39, 0.29) is 6.04 Å². The van der Waals surface area contributed by atoms with Crippen molar-refractivity contribution in [3.63, 3.8) is 0 Å². The Hall–Kier alpha value is -2.53. The standard InChI is InChI=1S/C18H22N2O3/c1-3-23-17-9-4-6-14(10-17)13(2)19-15-7-5-8-16(11-15)20-18(22)12-21/h4-11,13,19,21H,3,12H2,1-2H3,(H,20,22). The van der Waals surface area contributed by atoms with Gasteiger partial charge in [0.1, 0.15) is 12.4 Å². The highest BCUT2D eigenvalue weighted by atomic mass is 16.5. The molecular weight excluding hydrogens is 292 g/mol. The lowest BCUT2D eigenvalue weighted by atomic mass is 10.1. The first-order chi connectivity index (χ1) is 11.1. The maximum atomic E-state index is 11.2. The first-order valence-electron chi connectivity index (χ1n) is 7.62. The predicted molar refractivity (Wildman–Crippen MR) is 91.8 cm³/mol. The number of amides is 1. The number of hydrogen-bond acceptors (Lipinski definition) is 4. The van der Waals surface area contributed by atoms with Crippen LogP contribution in [0.15, 0.2) is 48.5 Å². The van der Waals surface area contributed by atoms with Crippen molar-refractivity contribution in [3.8, 4) is 5.75 Å². The minimum Gasteiger partial charge on any atom is -0.494 e. The largest absolute Gasteiger partial charge is 0.494 e. The van der Waals surface area contributed by atoms with Crippen LogP contribution in [0.1, 0.15) is 25.5 Å². The first kappa shape index (κ1) is 16.8. The highest BCUT2D eigenvalue weighted by Crippen LogP contribution is 2.24. The number of hydrogen-bond donors (Lipinski definition) is 3. The summed E-state index contributed by atoms with van der Waals surface area (Å²) in [6.07, 6.45) is 0. The van der Waals surface area contributed by atoms with Crippen LogP contribution in [0.2, 0.25) is 0 Å². The van der Waals surface area contributed by atoms with E-state index >= 15 is 0 Å². The Morgan fingerprint density at radius 1 is 1.17 bits per heavy atom. The molecule has 0 saturated heterocycles. The number of aliphatic hydroxyl groups excluding tert-OH is 1. The zero-order valence-corrected chi connectivity index (χ0v) is 13.4. The third kappa shape index (κ3) is 5.00. The third-order valence-electron chi connectivity index (χ3n) is 3.34. The second-order valence-corrected chi connectivity index (χ2v) is 5.16. The highest BCUT2D eigenvalue weighted by molar-refractivity contribution is 5.91. The number of carbonyl (C=O) groups excluding carboxylic acids is 1. The Balaban J connectivity index is 2.07. The van der Waals surface area contributed by atoms with Crippen LogP contribution in [-0.2, 0) is 4.79 Å². The Labute approximate surface area is 136 Å². The monoisotopic (exact) mass is 314 g/mol. The van der Waals surface area contributed by atoms with Gasteiger partial charge >= 0.3 is 0 Å². The second-order valence-electron chi connectivity index (χ2n) is 5.16. The van der Waals surface area contributed by atoms with Gasteiger partial charge in [-0.2, -0.15) is 0 Å². The van der Waals surface area contributed by atoms with Gasteiger partial charge in [0.2, 0.25) is 5.91 Å². The van der Waals surface area contributed by atoms with Crippen LogP contribution in [-0.4, -0.2) is 24.2 Å². The number of rotatable bonds is 7. The molecule has 0 radical (unpaired) electrons. The van der Waals surface area contributed by atoms with Gasteiger partial charge in [0, 0.05) is 17.4 Å². The van der Waals surface area contributed by atoms with E-state index in [0.717, 1.165) is 17.0 Å². The molecule has 2 aromatic rings. The van der Waals surface area contributed by atoms with E-state index < -0.39 is 12.5 Å². The number of carbonyl (C=O) groups is 1. The van der Waals surface area contributed by atoms with Gasteiger partial charge in [0.05, 0.1) is 6.61 Å². The van der Waals surface area contributed by atoms with E-state index in [1.807, 2.05) is 49.4 Å². The number of aliphatic hydroxyl groups is 1. The molecular formula is C18H22N2O3. The van der Waals surface area contributed by atoms with E-state index in [2.05, 4.69) is 17.6 Å². The van der Waals surface area contributed by atoms with Crippen LogP contribution >= 0.6 is 0 Å². The summed E-state index contributed by atoms with van der Waals surface area (Å²) in [5.74, 6) is 0.419. The van der Waals surface area contributed by atoms with Gasteiger partial charge in [0.25, 0.3) is 0 Å². The molecule has 0 saturated carbocycles. The zero-order valence-electron chi connectivity index (χ0n) is 13.4. The van der Waals surface area contributed by atoms with Gasteiger partial charge in [0.15, 0.2) is 0 Å². The van der Waals surface area contributed by atoms with E-state index in [1.165, 1.54) is 0 Å². The number of benzene rings is 2. The van der Waals surface area contributed by atoms with Crippen molar-refractivity contribution in [2.24, 2.45) is 0 Å². The Morgan fingerprint density at radius 2 is 1.91 bits per heavy atom. The Kier molecular flexibility index (Phi) is 6.00. The van der Waals surface area contributed by atoms with Gasteiger partial charge in [-0.25, -0.2) is 0 Å². The summed E-state index contributed by atoms with van der Waals surface area (Å²) in [4.78, 5) is 11.2. The van der Waals surface area contributed by atoms with Gasteiger partial charge in [-0.05, 0) is 49.7 Å². The lowest BCUT2D eigenvalue weighted by Crippen LogP contribution is -2.15. The number of anilines is 2. The average Bonchev–Trinajstić information content (AvgIpc) is 2.55. The molecule has 2 rings (SSSR count). The molecule has 1 amide bonds. The molecule has 0 aliphatic rings. The molecule has 1 atom stereocenters. The van der Waals surface area contributed by atoms with Crippen LogP contribution < -0.4 is 15.4 Å². The number of nitrogens with one attached hydrogen (secondary N) is 2. The van der Waals surface area contributed by atoms with Crippen molar-refractivity contribution in [1.82, 2.24) is 0 Å². The average molecular weight is 314 g/mol. The Bertz CT molecular complexity index is 658. The highest BCUT2D eigenvalue weighted by Gasteiger charge is 2.07. The summed E-state index contributed by atoms with van der Waals surface area (Å²) in [6.45, 7) is 4.13. The fourth-order valence-electron chi connectivity index (χ4n) is 2.26. The van der Waals surface area contributed by atoms with E-state index in [1.54, 1.807) is 6.07 Å². The summed E-state index contributed by atoms with van der Waals surface area (Å²) in [5.41, 5.74) is 2.64. The first-order valence-corrected chi connectivity index (χ1v) is 7.62. The molecule has 0 spiro atoms. The lowest BCUT2D eigenvalue weighted by molar-refractivity contribution is -0.118. The lowest BCUT2D eigenvalue weighted by Gasteiger charge is -2.17. The van der Waals surface area contributed by atoms with Gasteiger partial charge in [-0.15, -0.1) is 0 Å². The number of ether oxygens (including phenoxy) is 1. The topological polar surface area (TPSA) is 70.6 Å². The molecule has 0 aliphatic carbocycles. The fraction of sp³-hybridized carbons (Fsp3) is 0.278. The normalized spacial score (nSPS) is 11.6. The molecule has 0 fully saturated rings. The quantitative estimate of drug-likeness (QED) is 0.734. The van der Waals surface area contributed by atoms with Gasteiger partial charge in [-0.1, -0.05) is 18.2 Å². The van der Waals surface area contributed by atoms with Crippen LogP contribution in [0, 0.1) is 0 Å². The summed E-state index contributed by atoms with van der Waals surface area (Å²) in [7, 11) is 0. The maximum Gasteiger partial charge on any atom is 0.250 e. The molecule has 2 aromatic carbocycles. The summed E-state index contributed by atoms with van der Waals surface area (Å²) < 4.78 is 5.52. The molecule has 0 bridgehead atoms. The van der Waals surface area contributed by atoms with E-state index in [4.69, 9.17) is 9.84 Å². The fourth-order valence-corrected chi connectivity index (χ4v) is 2.26. The molecule has 122 valence electrons. The molecule has 23 heavy (non-hydrogen) atoms. The van der Waals surface area contributed by atoms with Crippen molar-refractivity contribution < 1.29 is 14.6 Å². The van der Waals surface area contributed by atoms with Crippen molar-refractivity contribution in [2.75, 3.05) is 23.8 Å². The minimum atomic E-state index is -0.529. The van der Waals surface area contributed by atoms with Crippen LogP contribution in [0.4, 0.5) is 11.4 Å². The molecule has 0 aliphatic heterocycles. The molecule has 5 heteroatoms. The summed E-state index contributed by atoms with van der Waals surface area (Å²) >= 11 is 0. The SMILES string of the molecule is CCOc1cccc(C(C)Nc2cccc(NC(=O)CO)c2)c1. The van der Waals surface area contributed by atoms with Crippen molar-refractivity contribution in [2.45, 2.75) is 19.9 Å². The predicted octanol–water partition coefficient (Wildman–Crippen LogP) is 3.19. The van der Waals surface area contributed by atoms with Gasteiger partial charge < -0.3 is 20.5 Å². The minimum absolute atomic E-state index is 0.0826. The van der Waals surface area contributed by atoms with Crippen molar-refractivity contribution in [1.29, 1.82) is 0 Å². The van der Waals surface area contributed by atoms with Crippen molar-refractivity contribution in [3.05, 3.63) is 54.1 Å². The Morgan fingerprint density at radius 3 is 2.65 bits per heavy atom. The second kappa shape index (κ2) is 8.19. The molecule has 0 heterocycles. The molecule has 0 aromatic heterocycles. The van der Waals surface area contributed by atoms with Crippen LogP contribution in [0.25, 0.3) is 0 Å². The molecule has 3 N–H and O–H groups in total. The molecule has 5 nitrogen and oxygen atoms in total.